The highest BCUT2D eigenvalue weighted by molar-refractivity contribution is 9.11. The molecule has 0 saturated heterocycles. The summed E-state index contributed by atoms with van der Waals surface area (Å²) in [4.78, 5) is 9.18. The molecule has 0 spiro atoms. The first-order valence-corrected chi connectivity index (χ1v) is 22.3. The maximum absolute atomic E-state index is 14.3. The highest BCUT2D eigenvalue weighted by atomic mass is 79.9. The molecule has 0 aliphatic heterocycles. The topological polar surface area (TPSA) is 174 Å². The summed E-state index contributed by atoms with van der Waals surface area (Å²) in [7, 11) is -6.08. The number of hydrogen-bond acceptors (Lipinski definition) is 11. The van der Waals surface area contributed by atoms with Crippen LogP contribution in [0.25, 0.3) is 33.8 Å². The molecular formula is C39H30Br2ClF2N9O5S2. The van der Waals surface area contributed by atoms with E-state index < -0.39 is 20.1 Å². The zero-order valence-electron chi connectivity index (χ0n) is 30.9. The fourth-order valence-corrected chi connectivity index (χ4v) is 8.02. The van der Waals surface area contributed by atoms with Crippen molar-refractivity contribution in [3.8, 4) is 22.5 Å². The van der Waals surface area contributed by atoms with Gasteiger partial charge in [-0.2, -0.15) is 31.4 Å². The molecule has 0 atom stereocenters. The molecule has 4 aromatic carbocycles. The summed E-state index contributed by atoms with van der Waals surface area (Å²) in [6.45, 7) is 0.766. The Labute approximate surface area is 364 Å². The summed E-state index contributed by atoms with van der Waals surface area (Å²) in [5, 5.41) is 15.1. The highest BCUT2D eigenvalue weighted by Crippen LogP contribution is 2.29. The van der Waals surface area contributed by atoms with Crippen molar-refractivity contribution >= 4 is 86.8 Å². The third-order valence-electron chi connectivity index (χ3n) is 8.90. The van der Waals surface area contributed by atoms with Crippen molar-refractivity contribution in [3.63, 3.8) is 0 Å². The predicted octanol–water partition coefficient (Wildman–Crippen LogP) is 8.59. The van der Waals surface area contributed by atoms with Crippen LogP contribution in [-0.2, 0) is 37.0 Å². The number of nitrogens with one attached hydrogen (secondary N) is 3. The van der Waals surface area contributed by atoms with E-state index in [9.17, 15) is 25.6 Å². The molecule has 0 saturated carbocycles. The number of aromatic nitrogens is 6. The van der Waals surface area contributed by atoms with Crippen molar-refractivity contribution in [2.45, 2.75) is 22.9 Å². The molecule has 0 radical (unpaired) electrons. The third-order valence-corrected chi connectivity index (χ3v) is 13.0. The molecule has 0 aliphatic rings. The average molecular weight is 1000 g/mol. The maximum Gasteiger partial charge on any atom is 0.312 e. The number of sulfonamides is 1. The van der Waals surface area contributed by atoms with E-state index >= 15 is 0 Å². The molecule has 14 nitrogen and oxygen atoms in total. The minimum absolute atomic E-state index is 0.0506. The van der Waals surface area contributed by atoms with Gasteiger partial charge in [-0.3, -0.25) is 0 Å². The summed E-state index contributed by atoms with van der Waals surface area (Å²) in [6, 6.07) is 28.8. The van der Waals surface area contributed by atoms with Crippen molar-refractivity contribution in [2.75, 3.05) is 17.7 Å². The van der Waals surface area contributed by atoms with Gasteiger partial charge in [0.05, 0.1) is 54.4 Å². The van der Waals surface area contributed by atoms with Gasteiger partial charge < -0.3 is 10.6 Å². The van der Waals surface area contributed by atoms with Crippen LogP contribution >= 0.6 is 43.7 Å². The van der Waals surface area contributed by atoms with Crippen molar-refractivity contribution in [2.24, 2.45) is 0 Å². The molecule has 8 aromatic rings. The standard InChI is InChI=1S/C20H17BrFN5O2S.C19H13BrClFN4O3S/c1-23-30(28,29)14-8-6-13(7-9-14)11-24-19-10-18(15-4-2-3-5-17(15)22)26-20-16(21)12-25-27(19)20;20-15-11-24-26-18(9-17(25-19(15)26)14-3-1-2-4-16(14)22)23-10-12-5-7-13(8-6-12)30(27,28)29-21/h2-10,12,23-24H,11H2,1H3;1-9,11,23H,10H2. The first-order valence-electron chi connectivity index (χ1n) is 17.5. The quantitative estimate of drug-likeness (QED) is 0.107. The lowest BCUT2D eigenvalue weighted by molar-refractivity contribution is 0.509. The van der Waals surface area contributed by atoms with E-state index in [1.807, 2.05) is 0 Å². The third kappa shape index (κ3) is 9.34. The van der Waals surface area contributed by atoms with E-state index in [0.29, 0.717) is 67.5 Å². The number of rotatable bonds is 12. The van der Waals surface area contributed by atoms with Gasteiger partial charge in [-0.15, -0.1) is 0 Å². The van der Waals surface area contributed by atoms with E-state index in [0.717, 1.165) is 11.1 Å². The molecule has 8 rings (SSSR count). The summed E-state index contributed by atoms with van der Waals surface area (Å²) in [5.74, 6) is 0.465. The molecule has 0 aliphatic carbocycles. The van der Waals surface area contributed by atoms with Crippen molar-refractivity contribution in [1.29, 1.82) is 0 Å². The minimum Gasteiger partial charge on any atom is -0.366 e. The van der Waals surface area contributed by atoms with Gasteiger partial charge in [0.2, 0.25) is 10.0 Å². The van der Waals surface area contributed by atoms with Crippen LogP contribution in [0.1, 0.15) is 11.1 Å². The Morgan fingerprint density at radius 1 is 0.650 bits per heavy atom. The van der Waals surface area contributed by atoms with E-state index in [2.05, 4.69) is 71.1 Å². The normalized spacial score (nSPS) is 11.7. The molecule has 21 heteroatoms. The van der Waals surface area contributed by atoms with Crippen LogP contribution < -0.4 is 15.4 Å². The molecular weight excluding hydrogens is 972 g/mol. The lowest BCUT2D eigenvalue weighted by atomic mass is 10.1. The average Bonchev–Trinajstić information content (AvgIpc) is 3.84. The molecule has 0 unspecified atom stereocenters. The Morgan fingerprint density at radius 3 is 1.47 bits per heavy atom. The highest BCUT2D eigenvalue weighted by Gasteiger charge is 2.17. The minimum atomic E-state index is -3.97. The van der Waals surface area contributed by atoms with E-state index in [4.69, 9.17) is 11.9 Å². The molecule has 4 heterocycles. The molecule has 60 heavy (non-hydrogen) atoms. The van der Waals surface area contributed by atoms with Gasteiger partial charge in [-0.25, -0.2) is 31.9 Å². The SMILES string of the molecule is CNS(=O)(=O)c1ccc(CNc2cc(-c3ccccc3F)nc3c(Br)cnn23)cc1.O=S(=O)(OCl)c1ccc(CNc2cc(-c3ccccc3F)nc3c(Br)cnn23)cc1. The number of nitrogens with zero attached hydrogens (tertiary/aromatic N) is 6. The fraction of sp³-hybridized carbons (Fsp3) is 0.0769. The van der Waals surface area contributed by atoms with E-state index in [1.54, 1.807) is 106 Å². The van der Waals surface area contributed by atoms with Gasteiger partial charge in [0, 0.05) is 36.3 Å². The number of benzene rings is 4. The summed E-state index contributed by atoms with van der Waals surface area (Å²) >= 11 is 11.8. The van der Waals surface area contributed by atoms with Crippen LogP contribution in [0.2, 0.25) is 0 Å². The Kier molecular flexibility index (Phi) is 12.9. The van der Waals surface area contributed by atoms with Gasteiger partial charge in [0.25, 0.3) is 0 Å². The molecule has 308 valence electrons. The first kappa shape index (κ1) is 42.8. The van der Waals surface area contributed by atoms with Gasteiger partial charge >= 0.3 is 10.1 Å². The smallest absolute Gasteiger partial charge is 0.312 e. The van der Waals surface area contributed by atoms with Crippen LogP contribution in [0.15, 0.2) is 140 Å². The lowest BCUT2D eigenvalue weighted by Gasteiger charge is -2.12. The Bertz CT molecular complexity index is 2860. The molecule has 0 amide bonds. The Morgan fingerprint density at radius 2 is 1.07 bits per heavy atom. The monoisotopic (exact) mass is 999 g/mol. The van der Waals surface area contributed by atoms with Crippen LogP contribution in [0.4, 0.5) is 20.4 Å². The zero-order valence-corrected chi connectivity index (χ0v) is 36.5. The van der Waals surface area contributed by atoms with Crippen molar-refractivity contribution in [1.82, 2.24) is 33.9 Å². The van der Waals surface area contributed by atoms with Crippen molar-refractivity contribution < 1.29 is 29.4 Å². The fourth-order valence-electron chi connectivity index (χ4n) is 5.84. The van der Waals surface area contributed by atoms with E-state index in [-0.39, 0.29) is 21.4 Å². The second-order valence-electron chi connectivity index (χ2n) is 12.7. The number of hydrogen-bond donors (Lipinski definition) is 3. The summed E-state index contributed by atoms with van der Waals surface area (Å²) < 4.78 is 86.4. The summed E-state index contributed by atoms with van der Waals surface area (Å²) in [6.07, 6.45) is 3.22. The maximum atomic E-state index is 14.3. The zero-order chi connectivity index (χ0) is 42.6. The number of fused-ring (bicyclic) bond motifs is 2. The van der Waals surface area contributed by atoms with Gasteiger partial charge in [-0.05, 0) is 98.6 Å². The molecule has 3 N–H and O–H groups in total. The van der Waals surface area contributed by atoms with E-state index in [1.165, 1.54) is 31.3 Å². The Hall–Kier alpha value is -5.35. The number of halogens is 5. The summed E-state index contributed by atoms with van der Waals surface area (Å²) in [5.41, 5.74) is 4.42. The van der Waals surface area contributed by atoms with Gasteiger partial charge in [-0.1, -0.05) is 48.5 Å². The second kappa shape index (κ2) is 18.1. The lowest BCUT2D eigenvalue weighted by Crippen LogP contribution is -2.18. The number of anilines is 2. The molecule has 0 fully saturated rings. The van der Waals surface area contributed by atoms with Crippen LogP contribution in [0, 0.1) is 11.6 Å². The van der Waals surface area contributed by atoms with Crippen molar-refractivity contribution in [3.05, 3.63) is 153 Å². The van der Waals surface area contributed by atoms with Crippen LogP contribution in [-0.4, -0.2) is 53.1 Å². The van der Waals surface area contributed by atoms with Gasteiger partial charge in [0.15, 0.2) is 11.3 Å². The first-order chi connectivity index (χ1) is 28.8. The van der Waals surface area contributed by atoms with Crippen LogP contribution in [0.5, 0.6) is 0 Å². The largest absolute Gasteiger partial charge is 0.366 e. The Balaban J connectivity index is 0.000000181. The molecule has 0 bridgehead atoms. The second-order valence-corrected chi connectivity index (χ2v) is 18.2. The molecule has 4 aromatic heterocycles. The van der Waals surface area contributed by atoms with Gasteiger partial charge in [0.1, 0.15) is 23.3 Å². The van der Waals surface area contributed by atoms with Crippen LogP contribution in [0.3, 0.4) is 0 Å². The predicted molar refractivity (Wildman–Crippen MR) is 230 cm³/mol.